The van der Waals surface area contributed by atoms with Crippen LogP contribution in [0.2, 0.25) is 0 Å². The molecule has 2 N–H and O–H groups in total. The Morgan fingerprint density at radius 3 is 2.84 bits per heavy atom. The smallest absolute Gasteiger partial charge is 0.276 e. The minimum Gasteiger partial charge on any atom is -0.340 e. The molecule has 37 heavy (non-hydrogen) atoms. The van der Waals surface area contributed by atoms with E-state index in [0.29, 0.717) is 48.2 Å². The number of carbonyl (C=O) groups excluding carboxylic acids is 2. The third-order valence-electron chi connectivity index (χ3n) is 7.89. The Bertz CT molecular complexity index is 1610. The zero-order valence-electron chi connectivity index (χ0n) is 20.0. The summed E-state index contributed by atoms with van der Waals surface area (Å²) >= 11 is 3.27. The third kappa shape index (κ3) is 3.26. The Morgan fingerprint density at radius 2 is 2.11 bits per heavy atom. The van der Waals surface area contributed by atoms with E-state index >= 15 is 0 Å². The Kier molecular flexibility index (Phi) is 4.94. The molecule has 12 heteroatoms. The van der Waals surface area contributed by atoms with E-state index in [1.54, 1.807) is 38.6 Å². The number of thioether (sulfide) groups is 1. The topological polar surface area (TPSA) is 133 Å². The standard InChI is InChI=1S/C25H23N7O3S2/c1-12-4-16(24(35)32-19(12)21(33)30-25(32)9-36-10-25)29-20-18-15-3-2-14(23(34)31-7-13(6-26)8-31)5-17(15)37-22(18)28-11-27-20/h4,11,13-14H,2-3,5,7-10H2,1H3,(H,30,33)(H,27,28,29)/t14-/m0/s1. The first-order valence-corrected chi connectivity index (χ1v) is 14.2. The van der Waals surface area contributed by atoms with Crippen LogP contribution in [0.15, 0.2) is 17.2 Å². The van der Waals surface area contributed by atoms with Gasteiger partial charge in [-0.25, -0.2) is 9.97 Å². The molecule has 4 aliphatic rings. The summed E-state index contributed by atoms with van der Waals surface area (Å²) < 4.78 is 1.62. The van der Waals surface area contributed by atoms with Crippen LogP contribution in [0.1, 0.15) is 32.9 Å². The maximum absolute atomic E-state index is 13.6. The number of aryl methyl sites for hydroxylation is 2. The SMILES string of the molecule is Cc1cc(Nc2ncnc3sc4c(c23)CC[C@H](C(=O)N2CC(C#N)C2)C4)c(=O)n2c1C(=O)NC21CSC1. The molecule has 1 atom stereocenters. The highest BCUT2D eigenvalue weighted by atomic mass is 32.2. The van der Waals surface area contributed by atoms with E-state index in [2.05, 4.69) is 26.7 Å². The highest BCUT2D eigenvalue weighted by Crippen LogP contribution is 2.42. The molecular weight excluding hydrogens is 510 g/mol. The fourth-order valence-corrected chi connectivity index (χ4v) is 8.15. The van der Waals surface area contributed by atoms with Crippen molar-refractivity contribution in [3.8, 4) is 6.07 Å². The van der Waals surface area contributed by atoms with E-state index in [1.807, 2.05) is 6.92 Å². The number of likely N-dealkylation sites (tertiary alicyclic amines) is 1. The predicted octanol–water partition coefficient (Wildman–Crippen LogP) is 2.13. The van der Waals surface area contributed by atoms with E-state index in [9.17, 15) is 14.4 Å². The number of hydrogen-bond acceptors (Lipinski definition) is 9. The van der Waals surface area contributed by atoms with Gasteiger partial charge in [0.15, 0.2) is 0 Å². The Balaban J connectivity index is 1.22. The summed E-state index contributed by atoms with van der Waals surface area (Å²) in [5.41, 5.74) is 1.78. The largest absolute Gasteiger partial charge is 0.340 e. The zero-order valence-corrected chi connectivity index (χ0v) is 21.7. The fourth-order valence-electron chi connectivity index (χ4n) is 5.89. The average Bonchev–Trinajstić information content (AvgIpc) is 3.37. The maximum Gasteiger partial charge on any atom is 0.276 e. The average molecular weight is 534 g/mol. The lowest BCUT2D eigenvalue weighted by atomic mass is 9.85. The van der Waals surface area contributed by atoms with Crippen molar-refractivity contribution in [2.75, 3.05) is 29.9 Å². The quantitative estimate of drug-likeness (QED) is 0.523. The Hall–Kier alpha value is -3.43. The summed E-state index contributed by atoms with van der Waals surface area (Å²) in [6, 6.07) is 3.95. The van der Waals surface area contributed by atoms with E-state index in [-0.39, 0.29) is 29.2 Å². The number of aromatic nitrogens is 3. The molecule has 1 aliphatic carbocycles. The molecule has 0 radical (unpaired) electrons. The molecule has 2 amide bonds. The molecule has 3 aliphatic heterocycles. The van der Waals surface area contributed by atoms with Crippen molar-refractivity contribution in [3.63, 3.8) is 0 Å². The molecule has 0 aromatic carbocycles. The molecule has 2 saturated heterocycles. The van der Waals surface area contributed by atoms with E-state index in [4.69, 9.17) is 5.26 Å². The molecule has 7 rings (SSSR count). The molecule has 3 aromatic rings. The summed E-state index contributed by atoms with van der Waals surface area (Å²) in [6.45, 7) is 2.90. The van der Waals surface area contributed by atoms with Crippen LogP contribution in [0.25, 0.3) is 10.2 Å². The van der Waals surface area contributed by atoms with Crippen molar-refractivity contribution >= 4 is 56.6 Å². The number of nitrogens with zero attached hydrogens (tertiary/aromatic N) is 5. The molecule has 1 spiro atoms. The van der Waals surface area contributed by atoms with E-state index in [0.717, 1.165) is 39.1 Å². The molecule has 0 unspecified atom stereocenters. The van der Waals surface area contributed by atoms with Crippen molar-refractivity contribution in [1.29, 1.82) is 5.26 Å². The second-order valence-corrected chi connectivity index (χ2v) is 12.3. The second-order valence-electron chi connectivity index (χ2n) is 10.2. The number of rotatable bonds is 3. The number of pyridine rings is 1. The lowest BCUT2D eigenvalue weighted by Crippen LogP contribution is -2.57. The molecule has 10 nitrogen and oxygen atoms in total. The number of thiophene rings is 1. The summed E-state index contributed by atoms with van der Waals surface area (Å²) in [6.07, 6.45) is 3.60. The van der Waals surface area contributed by atoms with Crippen LogP contribution in [0, 0.1) is 30.1 Å². The Morgan fingerprint density at radius 1 is 1.30 bits per heavy atom. The number of nitriles is 1. The summed E-state index contributed by atoms with van der Waals surface area (Å²) in [5, 5.41) is 16.2. The van der Waals surface area contributed by atoms with Gasteiger partial charge in [0.05, 0.1) is 17.4 Å². The van der Waals surface area contributed by atoms with Crippen LogP contribution in [-0.4, -0.2) is 55.8 Å². The van der Waals surface area contributed by atoms with Gasteiger partial charge >= 0.3 is 0 Å². The fraction of sp³-hybridized carbons (Fsp3) is 0.440. The number of hydrogen-bond donors (Lipinski definition) is 2. The number of carbonyl (C=O) groups is 2. The van der Waals surface area contributed by atoms with Gasteiger partial charge in [0.25, 0.3) is 11.5 Å². The highest BCUT2D eigenvalue weighted by molar-refractivity contribution is 8.00. The second kappa shape index (κ2) is 8.03. The zero-order chi connectivity index (χ0) is 25.5. The van der Waals surface area contributed by atoms with Gasteiger partial charge in [0, 0.05) is 35.4 Å². The molecule has 188 valence electrons. The molecule has 0 saturated carbocycles. The number of nitrogens with one attached hydrogen (secondary N) is 2. The molecule has 0 bridgehead atoms. The van der Waals surface area contributed by atoms with E-state index in [1.165, 1.54) is 6.33 Å². The molecule has 3 aromatic heterocycles. The van der Waals surface area contributed by atoms with Crippen LogP contribution in [0.4, 0.5) is 11.5 Å². The van der Waals surface area contributed by atoms with Crippen LogP contribution in [-0.2, 0) is 23.3 Å². The Labute approximate surface area is 220 Å². The summed E-state index contributed by atoms with van der Waals surface area (Å²) in [5.74, 6) is 1.69. The van der Waals surface area contributed by atoms with Gasteiger partial charge < -0.3 is 15.5 Å². The minimum absolute atomic E-state index is 0.0462. The lowest BCUT2D eigenvalue weighted by molar-refractivity contribution is -0.141. The van der Waals surface area contributed by atoms with Gasteiger partial charge in [-0.2, -0.15) is 17.0 Å². The van der Waals surface area contributed by atoms with Crippen molar-refractivity contribution in [3.05, 3.63) is 44.4 Å². The normalized spacial score (nSPS) is 21.6. The third-order valence-corrected chi connectivity index (χ3v) is 10.4. The van der Waals surface area contributed by atoms with Gasteiger partial charge in [-0.05, 0) is 43.4 Å². The molecule has 6 heterocycles. The minimum atomic E-state index is -0.648. The van der Waals surface area contributed by atoms with Crippen molar-refractivity contribution in [2.45, 2.75) is 31.8 Å². The molecular formula is C25H23N7O3S2. The maximum atomic E-state index is 13.6. The van der Waals surface area contributed by atoms with Gasteiger partial charge in [-0.3, -0.25) is 19.0 Å². The van der Waals surface area contributed by atoms with Crippen LogP contribution in [0.5, 0.6) is 0 Å². The van der Waals surface area contributed by atoms with Gasteiger partial charge in [-0.1, -0.05) is 0 Å². The highest BCUT2D eigenvalue weighted by Gasteiger charge is 2.49. The van der Waals surface area contributed by atoms with Crippen molar-refractivity contribution in [1.82, 2.24) is 24.8 Å². The van der Waals surface area contributed by atoms with Gasteiger partial charge in [0.1, 0.15) is 34.0 Å². The summed E-state index contributed by atoms with van der Waals surface area (Å²) in [4.78, 5) is 51.9. The lowest BCUT2D eigenvalue weighted by Gasteiger charge is -2.38. The van der Waals surface area contributed by atoms with Gasteiger partial charge in [-0.15, -0.1) is 11.3 Å². The monoisotopic (exact) mass is 533 g/mol. The van der Waals surface area contributed by atoms with Crippen LogP contribution in [0.3, 0.4) is 0 Å². The first-order chi connectivity index (χ1) is 17.9. The predicted molar refractivity (Wildman–Crippen MR) is 140 cm³/mol. The first kappa shape index (κ1) is 22.7. The summed E-state index contributed by atoms with van der Waals surface area (Å²) in [7, 11) is 0. The number of fused-ring (bicyclic) bond motifs is 5. The van der Waals surface area contributed by atoms with Crippen LogP contribution >= 0.6 is 23.1 Å². The number of anilines is 2. The first-order valence-electron chi connectivity index (χ1n) is 12.3. The van der Waals surface area contributed by atoms with Crippen molar-refractivity contribution < 1.29 is 9.59 Å². The van der Waals surface area contributed by atoms with Crippen molar-refractivity contribution in [2.24, 2.45) is 11.8 Å². The van der Waals surface area contributed by atoms with Gasteiger partial charge in [0.2, 0.25) is 5.91 Å². The molecule has 2 fully saturated rings. The van der Waals surface area contributed by atoms with E-state index < -0.39 is 5.66 Å². The number of amides is 2. The van der Waals surface area contributed by atoms with Crippen LogP contribution < -0.4 is 16.2 Å².